The van der Waals surface area contributed by atoms with E-state index in [4.69, 9.17) is 14.2 Å². The molecule has 0 radical (unpaired) electrons. The van der Waals surface area contributed by atoms with E-state index < -0.39 is 6.10 Å². The van der Waals surface area contributed by atoms with Crippen molar-refractivity contribution in [3.05, 3.63) is 85.1 Å². The molecular weight excluding hydrogens is 1020 g/mol. The summed E-state index contributed by atoms with van der Waals surface area (Å²) in [6.07, 6.45) is 95.0. The summed E-state index contributed by atoms with van der Waals surface area (Å²) in [5.41, 5.74) is 0. The molecule has 6 heteroatoms. The maximum absolute atomic E-state index is 12.9. The van der Waals surface area contributed by atoms with E-state index in [9.17, 15) is 14.4 Å². The van der Waals surface area contributed by atoms with Crippen LogP contribution in [0.1, 0.15) is 367 Å². The molecule has 0 N–H and O–H groups in total. The Labute approximate surface area is 515 Å². The highest BCUT2D eigenvalue weighted by Crippen LogP contribution is 2.18. The van der Waals surface area contributed by atoms with Crippen LogP contribution in [0, 0.1) is 0 Å². The van der Waals surface area contributed by atoms with E-state index in [1.54, 1.807) is 0 Å². The molecule has 6 nitrogen and oxygen atoms in total. The van der Waals surface area contributed by atoms with Crippen LogP contribution in [0.5, 0.6) is 0 Å². The number of rotatable bonds is 66. The lowest BCUT2D eigenvalue weighted by Gasteiger charge is -2.18. The Kier molecular flexibility index (Phi) is 68.2. The summed E-state index contributed by atoms with van der Waals surface area (Å²) in [5.74, 6) is -0.912. The van der Waals surface area contributed by atoms with Crippen LogP contribution in [0.25, 0.3) is 0 Å². The van der Waals surface area contributed by atoms with E-state index in [0.717, 1.165) is 128 Å². The highest BCUT2D eigenvalue weighted by Gasteiger charge is 2.19. The number of carbonyl (C=O) groups is 3. The van der Waals surface area contributed by atoms with Gasteiger partial charge in [-0.2, -0.15) is 0 Å². The van der Waals surface area contributed by atoms with Gasteiger partial charge in [0.2, 0.25) is 0 Å². The monoisotopic (exact) mass is 1160 g/mol. The normalized spacial score (nSPS) is 12.6. The molecule has 480 valence electrons. The van der Waals surface area contributed by atoms with Crippen LogP contribution in [-0.2, 0) is 28.6 Å². The third-order valence-electron chi connectivity index (χ3n) is 15.8. The summed E-state index contributed by atoms with van der Waals surface area (Å²) in [6, 6.07) is 0. The number of esters is 3. The third-order valence-corrected chi connectivity index (χ3v) is 15.8. The second-order valence-corrected chi connectivity index (χ2v) is 24.1. The lowest BCUT2D eigenvalue weighted by Crippen LogP contribution is -2.30. The van der Waals surface area contributed by atoms with Gasteiger partial charge in [-0.25, -0.2) is 0 Å². The zero-order chi connectivity index (χ0) is 59.9. The standard InChI is InChI=1S/C77H136O6/c1-4-7-10-13-16-19-22-25-27-29-30-31-32-33-34-35-36-37-38-39-40-41-42-43-44-45-46-48-49-52-55-58-61-64-67-70-76(79)82-73-74(72-81-75(78)69-66-63-60-57-54-51-24-21-18-15-12-9-6-3)83-77(80)71-68-65-62-59-56-53-50-47-28-26-23-20-17-14-11-8-5-2/h8,11-12,15,17,20-21,24,26,28-30,50,53,74H,4-7,9-10,13-14,16,18-19,22-23,25,27,31-49,51-52,54-73H2,1-3H3/b11-8-,15-12-,20-17-,24-21-,28-26-,30-29-,53-50-. The number of hydrogen-bond donors (Lipinski definition) is 0. The Morgan fingerprint density at radius 2 is 0.494 bits per heavy atom. The van der Waals surface area contributed by atoms with Crippen LogP contribution in [0.3, 0.4) is 0 Å². The molecule has 0 bridgehead atoms. The average Bonchev–Trinajstić information content (AvgIpc) is 3.49. The number of ether oxygens (including phenoxy) is 3. The van der Waals surface area contributed by atoms with Crippen LogP contribution < -0.4 is 0 Å². The van der Waals surface area contributed by atoms with Crippen molar-refractivity contribution in [2.24, 2.45) is 0 Å². The van der Waals surface area contributed by atoms with Crippen molar-refractivity contribution < 1.29 is 28.6 Å². The molecule has 1 unspecified atom stereocenters. The molecule has 0 amide bonds. The van der Waals surface area contributed by atoms with Crippen molar-refractivity contribution in [2.75, 3.05) is 13.2 Å². The van der Waals surface area contributed by atoms with Crippen molar-refractivity contribution in [2.45, 2.75) is 374 Å². The van der Waals surface area contributed by atoms with E-state index >= 15 is 0 Å². The molecule has 0 aromatic heterocycles. The first-order chi connectivity index (χ1) is 41.0. The first-order valence-electron chi connectivity index (χ1n) is 36.1. The maximum atomic E-state index is 12.9. The van der Waals surface area contributed by atoms with Gasteiger partial charge in [-0.15, -0.1) is 0 Å². The van der Waals surface area contributed by atoms with Gasteiger partial charge in [-0.1, -0.05) is 324 Å². The number of unbranched alkanes of at least 4 members (excludes halogenated alkanes) is 41. The molecule has 0 rings (SSSR count). The molecule has 0 aliphatic heterocycles. The van der Waals surface area contributed by atoms with Gasteiger partial charge in [0.15, 0.2) is 6.10 Å². The summed E-state index contributed by atoms with van der Waals surface area (Å²) in [7, 11) is 0. The van der Waals surface area contributed by atoms with Crippen molar-refractivity contribution in [1.29, 1.82) is 0 Å². The quantitative estimate of drug-likeness (QED) is 0.0261. The van der Waals surface area contributed by atoms with Crippen LogP contribution in [0.15, 0.2) is 85.1 Å². The minimum atomic E-state index is -0.796. The first-order valence-corrected chi connectivity index (χ1v) is 36.1. The highest BCUT2D eigenvalue weighted by atomic mass is 16.6. The van der Waals surface area contributed by atoms with Crippen molar-refractivity contribution in [3.8, 4) is 0 Å². The molecule has 1 atom stereocenters. The van der Waals surface area contributed by atoms with Crippen LogP contribution in [-0.4, -0.2) is 37.2 Å². The topological polar surface area (TPSA) is 78.9 Å². The van der Waals surface area contributed by atoms with Crippen LogP contribution >= 0.6 is 0 Å². The highest BCUT2D eigenvalue weighted by molar-refractivity contribution is 5.71. The summed E-state index contributed by atoms with van der Waals surface area (Å²) >= 11 is 0. The fraction of sp³-hybridized carbons (Fsp3) is 0.779. The molecule has 83 heavy (non-hydrogen) atoms. The fourth-order valence-corrected chi connectivity index (χ4v) is 10.5. The number of carbonyl (C=O) groups excluding carboxylic acids is 3. The van der Waals surface area contributed by atoms with E-state index in [0.29, 0.717) is 19.3 Å². The molecule has 0 aliphatic rings. The van der Waals surface area contributed by atoms with Gasteiger partial charge < -0.3 is 14.2 Å². The van der Waals surface area contributed by atoms with E-state index in [-0.39, 0.29) is 31.1 Å². The van der Waals surface area contributed by atoms with Gasteiger partial charge in [-0.3, -0.25) is 14.4 Å². The maximum Gasteiger partial charge on any atom is 0.306 e. The molecule has 0 aliphatic carbocycles. The zero-order valence-corrected chi connectivity index (χ0v) is 55.2. The van der Waals surface area contributed by atoms with Crippen LogP contribution in [0.2, 0.25) is 0 Å². The molecule has 0 spiro atoms. The second-order valence-electron chi connectivity index (χ2n) is 24.1. The summed E-state index contributed by atoms with van der Waals surface area (Å²) in [6.45, 7) is 6.47. The first kappa shape index (κ1) is 79.6. The number of hydrogen-bond acceptors (Lipinski definition) is 6. The Bertz CT molecular complexity index is 1570. The van der Waals surface area contributed by atoms with Crippen molar-refractivity contribution in [3.63, 3.8) is 0 Å². The SMILES string of the molecule is CC/C=C\C/C=C\C/C=C\C/C=C\CCCCCCC(=O)OC(COC(=O)CCCCCCC/C=C\C/C=C\CCC)COC(=O)CCCCCCCCCCCCCCCCCCCCCCCCC/C=C\CCCCCCCCCC. The van der Waals surface area contributed by atoms with E-state index in [2.05, 4.69) is 106 Å². The lowest BCUT2D eigenvalue weighted by molar-refractivity contribution is -0.167. The minimum Gasteiger partial charge on any atom is -0.462 e. The summed E-state index contributed by atoms with van der Waals surface area (Å²) in [5, 5.41) is 0. The molecule has 0 saturated heterocycles. The van der Waals surface area contributed by atoms with E-state index in [1.807, 2.05) is 0 Å². The summed E-state index contributed by atoms with van der Waals surface area (Å²) < 4.78 is 16.9. The van der Waals surface area contributed by atoms with Crippen molar-refractivity contribution >= 4 is 17.9 Å². The second kappa shape index (κ2) is 71.1. The summed E-state index contributed by atoms with van der Waals surface area (Å²) in [4.78, 5) is 38.3. The molecule has 0 saturated carbocycles. The molecular formula is C77H136O6. The van der Waals surface area contributed by atoms with Gasteiger partial charge in [0.25, 0.3) is 0 Å². The third kappa shape index (κ3) is 69.3. The van der Waals surface area contributed by atoms with Crippen molar-refractivity contribution in [1.82, 2.24) is 0 Å². The van der Waals surface area contributed by atoms with Gasteiger partial charge in [0, 0.05) is 19.3 Å². The van der Waals surface area contributed by atoms with Gasteiger partial charge in [0.1, 0.15) is 13.2 Å². The Hall–Kier alpha value is -3.41. The largest absolute Gasteiger partial charge is 0.462 e. The lowest BCUT2D eigenvalue weighted by atomic mass is 10.0. The Morgan fingerprint density at radius 3 is 0.795 bits per heavy atom. The average molecular weight is 1160 g/mol. The predicted octanol–water partition coefficient (Wildman–Crippen LogP) is 25.0. The Balaban J connectivity index is 4.12. The molecule has 0 aromatic rings. The molecule has 0 aromatic carbocycles. The minimum absolute atomic E-state index is 0.0886. The smallest absolute Gasteiger partial charge is 0.306 e. The van der Waals surface area contributed by atoms with Crippen LogP contribution in [0.4, 0.5) is 0 Å². The number of allylic oxidation sites excluding steroid dienone is 14. The van der Waals surface area contributed by atoms with Gasteiger partial charge in [-0.05, 0) is 109 Å². The zero-order valence-electron chi connectivity index (χ0n) is 55.2. The van der Waals surface area contributed by atoms with Gasteiger partial charge >= 0.3 is 17.9 Å². The fourth-order valence-electron chi connectivity index (χ4n) is 10.5. The van der Waals surface area contributed by atoms with E-state index in [1.165, 1.54) is 199 Å². The predicted molar refractivity (Wildman–Crippen MR) is 362 cm³/mol. The molecule has 0 fully saturated rings. The Morgan fingerprint density at radius 1 is 0.253 bits per heavy atom. The van der Waals surface area contributed by atoms with Gasteiger partial charge in [0.05, 0.1) is 0 Å². The molecule has 0 heterocycles.